The molecule has 18 aromatic carbocycles. The largest absolute Gasteiger partial charge is 0.494 e. The molecule has 0 radical (unpaired) electrons. The zero-order valence-electron chi connectivity index (χ0n) is 74.5. The summed E-state index contributed by atoms with van der Waals surface area (Å²) >= 11 is 14.0. The Bertz CT molecular complexity index is 8750. The lowest BCUT2D eigenvalue weighted by atomic mass is 9.67. The molecule has 1 aliphatic heterocycles. The molecule has 0 N–H and O–H groups in total. The summed E-state index contributed by atoms with van der Waals surface area (Å²) in [4.78, 5) is 30.8. The van der Waals surface area contributed by atoms with E-state index in [1.54, 1.807) is 22.7 Å². The van der Waals surface area contributed by atoms with Crippen molar-refractivity contribution in [1.82, 2.24) is 29.9 Å². The van der Waals surface area contributed by atoms with E-state index in [0.717, 1.165) is 54.7 Å². The second kappa shape index (κ2) is 33.3. The molecule has 136 heavy (non-hydrogen) atoms. The van der Waals surface area contributed by atoms with E-state index >= 15 is 0 Å². The van der Waals surface area contributed by atoms with Crippen LogP contribution in [0.3, 0.4) is 0 Å². The Morgan fingerprint density at radius 3 is 0.860 bits per heavy atom. The fraction of sp³-hybridized carbons (Fsp3) is 0.0656. The molecule has 0 amide bonds. The highest BCUT2D eigenvalue weighted by atomic mass is 35.5. The minimum atomic E-state index is -0.543. The van der Waals surface area contributed by atoms with Crippen LogP contribution < -0.4 is 5.46 Å². The zero-order chi connectivity index (χ0) is 91.0. The van der Waals surface area contributed by atoms with E-state index < -0.39 is 10.8 Å². The number of thiophene rings is 4. The number of halogens is 1. The monoisotopic (exact) mass is 1840 g/mol. The molecule has 7 heterocycles. The molecule has 0 saturated carbocycles. The number of fused-ring (bicyclic) bond motifs is 18. The summed E-state index contributed by atoms with van der Waals surface area (Å²) in [7, 11) is -0.320. The van der Waals surface area contributed by atoms with Crippen molar-refractivity contribution in [3.8, 4) is 101 Å². The molecule has 27 rings (SSSR count). The van der Waals surface area contributed by atoms with Crippen LogP contribution in [0, 0.1) is 0 Å². The number of nitrogens with zero attached hydrogens (tertiary/aromatic N) is 6. The van der Waals surface area contributed by atoms with Crippen molar-refractivity contribution in [3.63, 3.8) is 0 Å². The second-order valence-corrected chi connectivity index (χ2v) is 40.5. The maximum atomic E-state index is 6.72. The summed E-state index contributed by atoms with van der Waals surface area (Å²) in [5, 5.41) is 10.3. The Morgan fingerprint density at radius 2 is 0.478 bits per heavy atom. The lowest BCUT2D eigenvalue weighted by Crippen LogP contribution is -2.41. The molecule has 0 bridgehead atoms. The molecule has 24 aromatic rings. The molecule has 0 atom stereocenters. The van der Waals surface area contributed by atoms with Gasteiger partial charge in [-0.05, 0) is 170 Å². The van der Waals surface area contributed by atoms with Gasteiger partial charge in [0.25, 0.3) is 0 Å². The first-order chi connectivity index (χ1) is 66.8. The van der Waals surface area contributed by atoms with Gasteiger partial charge in [0.05, 0.1) is 22.0 Å². The Balaban J connectivity index is 0.000000117. The lowest BCUT2D eigenvalue weighted by Gasteiger charge is -2.33. The molecule has 0 spiro atoms. The van der Waals surface area contributed by atoms with Crippen molar-refractivity contribution in [3.05, 3.63) is 474 Å². The van der Waals surface area contributed by atoms with Gasteiger partial charge in [-0.3, -0.25) is 0 Å². The fourth-order valence-corrected chi connectivity index (χ4v) is 26.1. The van der Waals surface area contributed by atoms with Crippen molar-refractivity contribution < 1.29 is 9.31 Å². The Hall–Kier alpha value is -14.9. The Kier molecular flexibility index (Phi) is 20.3. The average molecular weight is 1840 g/mol. The molecule has 1 saturated heterocycles. The quantitative estimate of drug-likeness (QED) is 0.112. The Labute approximate surface area is 808 Å². The van der Waals surface area contributed by atoms with E-state index in [-0.39, 0.29) is 23.6 Å². The van der Waals surface area contributed by atoms with Crippen molar-refractivity contribution in [1.29, 1.82) is 0 Å². The summed E-state index contributed by atoms with van der Waals surface area (Å²) in [6.45, 7) is 8.35. The number of hydrogen-bond donors (Lipinski definition) is 0. The first kappa shape index (κ1) is 83.0. The first-order valence-corrected chi connectivity index (χ1v) is 49.5. The van der Waals surface area contributed by atoms with Crippen LogP contribution in [0.1, 0.15) is 72.2 Å². The highest BCUT2D eigenvalue weighted by molar-refractivity contribution is 7.27. The first-order valence-electron chi connectivity index (χ1n) is 45.9. The number of benzene rings is 18. The van der Waals surface area contributed by atoms with Gasteiger partial charge in [0, 0.05) is 109 Å². The molecular weight excluding hydrogens is 1760 g/mol. The summed E-state index contributed by atoms with van der Waals surface area (Å²) in [6.07, 6.45) is 0. The van der Waals surface area contributed by atoms with Crippen LogP contribution >= 0.6 is 56.9 Å². The highest BCUT2D eigenvalue weighted by Gasteiger charge is 2.53. The molecule has 2 aliphatic carbocycles. The number of aromatic nitrogens is 6. The average Bonchev–Trinajstić information content (AvgIpc) is 1.53. The van der Waals surface area contributed by atoms with E-state index in [1.807, 2.05) is 22.7 Å². The maximum absolute atomic E-state index is 6.72. The summed E-state index contributed by atoms with van der Waals surface area (Å²) < 4.78 is 22.4. The van der Waals surface area contributed by atoms with Gasteiger partial charge in [-0.1, -0.05) is 388 Å². The third-order valence-corrected chi connectivity index (χ3v) is 33.0. The van der Waals surface area contributed by atoms with E-state index in [1.165, 1.54) is 148 Å². The van der Waals surface area contributed by atoms with E-state index in [2.05, 4.69) is 457 Å². The predicted octanol–water partition coefficient (Wildman–Crippen LogP) is 32.2. The van der Waals surface area contributed by atoms with E-state index in [0.29, 0.717) is 29.1 Å². The van der Waals surface area contributed by atoms with Gasteiger partial charge in [0.15, 0.2) is 29.1 Å². The van der Waals surface area contributed by atoms with Crippen LogP contribution in [-0.2, 0) is 20.1 Å². The van der Waals surface area contributed by atoms with Crippen LogP contribution in [-0.4, -0.2) is 48.2 Å². The topological polar surface area (TPSA) is 95.8 Å². The summed E-state index contributed by atoms with van der Waals surface area (Å²) in [5.74, 6) is 3.08. The van der Waals surface area contributed by atoms with Crippen molar-refractivity contribution in [2.45, 2.75) is 49.7 Å². The van der Waals surface area contributed by atoms with Crippen molar-refractivity contribution >= 4 is 150 Å². The van der Waals surface area contributed by atoms with Crippen LogP contribution in [0.5, 0.6) is 0 Å². The number of rotatable bonds is 12. The van der Waals surface area contributed by atoms with Gasteiger partial charge in [-0.15, -0.1) is 45.3 Å². The van der Waals surface area contributed by atoms with E-state index in [4.69, 9.17) is 45.8 Å². The van der Waals surface area contributed by atoms with Crippen molar-refractivity contribution in [2.24, 2.45) is 0 Å². The molecular formula is C122H82BClN6O2S4. The molecule has 646 valence electrons. The van der Waals surface area contributed by atoms with Gasteiger partial charge < -0.3 is 9.31 Å². The molecule has 8 nitrogen and oxygen atoms in total. The fourth-order valence-electron chi connectivity index (χ4n) is 21.1. The zero-order valence-corrected chi connectivity index (χ0v) is 78.5. The molecule has 3 aliphatic rings. The molecule has 0 unspecified atom stereocenters. The third kappa shape index (κ3) is 13.6. The summed E-state index contributed by atoms with van der Waals surface area (Å²) in [5.41, 5.74) is 23.5. The number of hydrogen-bond acceptors (Lipinski definition) is 12. The minimum absolute atomic E-state index is 0.175. The van der Waals surface area contributed by atoms with E-state index in [9.17, 15) is 0 Å². The van der Waals surface area contributed by atoms with Crippen LogP contribution in [0.25, 0.3) is 182 Å². The third-order valence-electron chi connectivity index (χ3n) is 28.0. The predicted molar refractivity (Wildman–Crippen MR) is 571 cm³/mol. The van der Waals surface area contributed by atoms with Crippen LogP contribution in [0.4, 0.5) is 0 Å². The van der Waals surface area contributed by atoms with Gasteiger partial charge in [0.2, 0.25) is 5.28 Å². The SMILES string of the molecule is CC1(C)OB(c2ccc(-c3cccc4c3sc3ccccc34)cc2)OC1(C)C.Clc1nc(-c2cccc3c2-c2ccccc2C3(c2ccccc2)c2ccccc2)nc(-c2cccc3c2sc2ccccc23)n1.c1ccc(C2(c3ccccc3)c3ccccc3-c3c(-c4nc(-c5ccc(-c6cccc7c6sc6ccccc67)cc5)nc(-c5cccc6c5sc5ccccc56)n4)cccc32)cc1. The molecule has 6 aromatic heterocycles. The lowest BCUT2D eigenvalue weighted by molar-refractivity contribution is 0.00578. The standard InChI is InChI=1S/C58H35N3S2.C40H24ClN3S.C24H23BO2S/c1-3-16-38(17-4-1)58(39-18-5-2-6-19-39)48-28-10-7-22-45(48)52-46(26-15-29-49(52)58)56-59-55(60-57(61-56)47-27-14-25-44-42-21-9-12-31-51(42)63-54(44)47)37-34-32-36(33-35-37)40-23-13-24-43-41-20-8-11-30-50(41)62-53(40)43;41-39-43-37(42-38(44-39)31-21-11-19-28-27-17-8-10-24-34(27)45-36(28)31)30-20-12-23-33-35(30)29-18-7-9-22-32(29)40(33,25-13-3-1-4-14-25)26-15-5-2-6-16-26;1-23(2)24(3,4)27-25(26-23)17-14-12-16(13-15-17)18-9-7-10-20-19-8-5-6-11-21(19)28-22(18)20/h1-35H;1-24H;5-15H,1-4H3. The Morgan fingerprint density at radius 1 is 0.221 bits per heavy atom. The maximum Gasteiger partial charge on any atom is 0.494 e. The smallest absolute Gasteiger partial charge is 0.399 e. The van der Waals surface area contributed by atoms with Crippen LogP contribution in [0.15, 0.2) is 425 Å². The molecule has 14 heteroatoms. The minimum Gasteiger partial charge on any atom is -0.399 e. The highest BCUT2D eigenvalue weighted by Crippen LogP contribution is 2.61. The molecule has 1 fully saturated rings. The summed E-state index contributed by atoms with van der Waals surface area (Å²) in [6, 6.07) is 152. The van der Waals surface area contributed by atoms with Crippen molar-refractivity contribution in [2.75, 3.05) is 0 Å². The van der Waals surface area contributed by atoms with Crippen LogP contribution in [0.2, 0.25) is 5.28 Å². The van der Waals surface area contributed by atoms with Gasteiger partial charge in [-0.2, -0.15) is 9.97 Å². The normalized spacial score (nSPS) is 14.1. The second-order valence-electron chi connectivity index (χ2n) is 36.0. The van der Waals surface area contributed by atoms with Gasteiger partial charge in [-0.25, -0.2) is 19.9 Å². The van der Waals surface area contributed by atoms with Gasteiger partial charge >= 0.3 is 7.12 Å². The van der Waals surface area contributed by atoms with Gasteiger partial charge in [0.1, 0.15) is 0 Å².